The van der Waals surface area contributed by atoms with Gasteiger partial charge in [0.1, 0.15) is 0 Å². The van der Waals surface area contributed by atoms with Gasteiger partial charge >= 0.3 is 18.8 Å². The molecule has 0 saturated heterocycles. The average Bonchev–Trinajstić information content (AvgIpc) is 2.77. The number of fused-ring (bicyclic) bond motifs is 2. The highest BCUT2D eigenvalue weighted by Crippen LogP contribution is 2.52. The summed E-state index contributed by atoms with van der Waals surface area (Å²) in [7, 11) is 0. The third-order valence-corrected chi connectivity index (χ3v) is 3.56. The van der Waals surface area contributed by atoms with Gasteiger partial charge in [0.15, 0.2) is 0 Å². The maximum absolute atomic E-state index is 12.6. The van der Waals surface area contributed by atoms with Crippen LogP contribution in [0, 0.1) is 17.3 Å². The van der Waals surface area contributed by atoms with E-state index in [0.717, 1.165) is 6.42 Å². The third kappa shape index (κ3) is 1.72. The van der Waals surface area contributed by atoms with Gasteiger partial charge in [0.05, 0.1) is 5.41 Å². The van der Waals surface area contributed by atoms with Crippen LogP contribution in [0.5, 0.6) is 0 Å². The molecule has 1 saturated carbocycles. The van der Waals surface area contributed by atoms with Crippen molar-refractivity contribution in [1.29, 1.82) is 0 Å². The van der Waals surface area contributed by atoms with E-state index in [1.807, 2.05) is 12.2 Å². The quantitative estimate of drug-likeness (QED) is 0.554. The monoisotopic (exact) mass is 234 g/mol. The van der Waals surface area contributed by atoms with E-state index in [1.54, 1.807) is 6.92 Å². The van der Waals surface area contributed by atoms with Gasteiger partial charge in [-0.2, -0.15) is 4.39 Å². The molecule has 2 aliphatic carbocycles. The van der Waals surface area contributed by atoms with Crippen LogP contribution in [0.15, 0.2) is 12.2 Å². The number of alkyl halides is 3. The molecule has 0 aromatic carbocycles. The number of carbonyl (C=O) groups excluding carboxylic acids is 1. The minimum atomic E-state index is -3.28. The summed E-state index contributed by atoms with van der Waals surface area (Å²) < 4.78 is 40.6. The molecule has 90 valence electrons. The van der Waals surface area contributed by atoms with Crippen LogP contribution < -0.4 is 0 Å². The molecule has 2 rings (SSSR count). The van der Waals surface area contributed by atoms with Gasteiger partial charge in [-0.15, -0.1) is 0 Å². The van der Waals surface area contributed by atoms with Gasteiger partial charge in [0.2, 0.25) is 0 Å². The Labute approximate surface area is 91.5 Å². The molecular formula is C11H13F3O2. The Morgan fingerprint density at radius 3 is 2.56 bits per heavy atom. The predicted octanol–water partition coefficient (Wildman–Crippen LogP) is 2.69. The number of rotatable bonds is 3. The summed E-state index contributed by atoms with van der Waals surface area (Å²) in [4.78, 5) is 11.6. The van der Waals surface area contributed by atoms with E-state index in [4.69, 9.17) is 0 Å². The maximum Gasteiger partial charge on any atom is 0.315 e. The summed E-state index contributed by atoms with van der Waals surface area (Å²) in [5, 5.41) is 0. The molecule has 0 spiro atoms. The molecule has 0 N–H and O–H groups in total. The molecule has 5 heteroatoms. The van der Waals surface area contributed by atoms with Crippen molar-refractivity contribution in [3.8, 4) is 0 Å². The van der Waals surface area contributed by atoms with E-state index in [2.05, 4.69) is 4.74 Å². The highest BCUT2D eigenvalue weighted by atomic mass is 19.3. The van der Waals surface area contributed by atoms with Crippen LogP contribution in [0.3, 0.4) is 0 Å². The number of hydrogen-bond acceptors (Lipinski definition) is 2. The lowest BCUT2D eigenvalue weighted by molar-refractivity contribution is -0.186. The van der Waals surface area contributed by atoms with E-state index in [-0.39, 0.29) is 5.92 Å². The van der Waals surface area contributed by atoms with Crippen molar-refractivity contribution in [2.45, 2.75) is 32.5 Å². The van der Waals surface area contributed by atoms with Crippen LogP contribution in [0.25, 0.3) is 0 Å². The molecule has 0 aromatic rings. The topological polar surface area (TPSA) is 26.3 Å². The number of hydrogen-bond donors (Lipinski definition) is 0. The zero-order valence-corrected chi connectivity index (χ0v) is 8.83. The standard InChI is InChI=1S/C11H13F3O2/c1-11(5-6-2-3-7(11)4-6)10(15)16-9(14)8(12)13/h2-3,6-9H,4-5H2,1H3. The fourth-order valence-corrected chi connectivity index (χ4v) is 2.62. The van der Waals surface area contributed by atoms with E-state index >= 15 is 0 Å². The molecule has 4 unspecified atom stereocenters. The van der Waals surface area contributed by atoms with Crippen molar-refractivity contribution in [1.82, 2.24) is 0 Å². The van der Waals surface area contributed by atoms with Crippen molar-refractivity contribution in [2.24, 2.45) is 17.3 Å². The number of carbonyl (C=O) groups is 1. The van der Waals surface area contributed by atoms with Crippen LogP contribution in [0.2, 0.25) is 0 Å². The number of halogens is 3. The van der Waals surface area contributed by atoms with Gasteiger partial charge in [-0.1, -0.05) is 12.2 Å². The Morgan fingerprint density at radius 2 is 2.12 bits per heavy atom. The lowest BCUT2D eigenvalue weighted by Gasteiger charge is -2.29. The summed E-state index contributed by atoms with van der Waals surface area (Å²) in [6.45, 7) is 1.65. The van der Waals surface area contributed by atoms with Crippen molar-refractivity contribution < 1.29 is 22.7 Å². The van der Waals surface area contributed by atoms with Gasteiger partial charge < -0.3 is 4.74 Å². The fraction of sp³-hybridized carbons (Fsp3) is 0.727. The molecule has 1 fully saturated rings. The summed E-state index contributed by atoms with van der Waals surface area (Å²) in [6.07, 6.45) is -0.792. The third-order valence-electron chi connectivity index (χ3n) is 3.56. The second-order valence-corrected chi connectivity index (χ2v) is 4.70. The molecular weight excluding hydrogens is 221 g/mol. The minimum Gasteiger partial charge on any atom is -0.424 e. The molecule has 0 aromatic heterocycles. The number of ether oxygens (including phenoxy) is 1. The first-order chi connectivity index (χ1) is 7.43. The Balaban J connectivity index is 2.02. The zero-order chi connectivity index (χ0) is 11.9. The zero-order valence-electron chi connectivity index (χ0n) is 8.83. The van der Waals surface area contributed by atoms with Gasteiger partial charge in [-0.05, 0) is 31.6 Å². The first kappa shape index (κ1) is 11.5. The second kappa shape index (κ2) is 3.79. The maximum atomic E-state index is 12.6. The Morgan fingerprint density at radius 1 is 1.44 bits per heavy atom. The Bertz CT molecular complexity index is 329. The van der Waals surface area contributed by atoms with E-state index < -0.39 is 24.2 Å². The van der Waals surface area contributed by atoms with Gasteiger partial charge in [-0.3, -0.25) is 4.79 Å². The van der Waals surface area contributed by atoms with Gasteiger partial charge in [0.25, 0.3) is 0 Å². The molecule has 2 nitrogen and oxygen atoms in total. The molecule has 16 heavy (non-hydrogen) atoms. The highest BCUT2D eigenvalue weighted by Gasteiger charge is 2.51. The first-order valence-electron chi connectivity index (χ1n) is 5.25. The summed E-state index contributed by atoms with van der Waals surface area (Å²) in [5.41, 5.74) is -0.835. The largest absolute Gasteiger partial charge is 0.424 e. The smallest absolute Gasteiger partial charge is 0.315 e. The van der Waals surface area contributed by atoms with Gasteiger partial charge in [-0.25, -0.2) is 8.78 Å². The van der Waals surface area contributed by atoms with E-state index in [1.165, 1.54) is 0 Å². The SMILES string of the molecule is CC1(C(=O)OC(F)C(F)F)CC2C=CC1C2. The molecule has 0 aliphatic heterocycles. The van der Waals surface area contributed by atoms with Crippen LogP contribution >= 0.6 is 0 Å². The van der Waals surface area contributed by atoms with Crippen molar-refractivity contribution in [3.05, 3.63) is 12.2 Å². The van der Waals surface area contributed by atoms with E-state index in [0.29, 0.717) is 12.3 Å². The Kier molecular flexibility index (Phi) is 2.72. The first-order valence-corrected chi connectivity index (χ1v) is 5.25. The van der Waals surface area contributed by atoms with Crippen molar-refractivity contribution >= 4 is 5.97 Å². The van der Waals surface area contributed by atoms with Crippen molar-refractivity contribution in [2.75, 3.05) is 0 Å². The summed E-state index contributed by atoms with van der Waals surface area (Å²) in [6, 6.07) is 0. The summed E-state index contributed by atoms with van der Waals surface area (Å²) >= 11 is 0. The van der Waals surface area contributed by atoms with Gasteiger partial charge in [0, 0.05) is 0 Å². The van der Waals surface area contributed by atoms with Crippen LogP contribution in [0.4, 0.5) is 13.2 Å². The fourth-order valence-electron chi connectivity index (χ4n) is 2.62. The van der Waals surface area contributed by atoms with E-state index in [9.17, 15) is 18.0 Å². The number of allylic oxidation sites excluding steroid dienone is 2. The molecule has 2 aliphatic rings. The molecule has 0 heterocycles. The molecule has 2 bridgehead atoms. The highest BCUT2D eigenvalue weighted by molar-refractivity contribution is 5.78. The lowest BCUT2D eigenvalue weighted by atomic mass is 9.78. The summed E-state index contributed by atoms with van der Waals surface area (Å²) in [5.74, 6) is -0.556. The molecule has 0 radical (unpaired) electrons. The molecule has 0 amide bonds. The average molecular weight is 234 g/mol. The molecule has 4 atom stereocenters. The lowest BCUT2D eigenvalue weighted by Crippen LogP contribution is -2.36. The van der Waals surface area contributed by atoms with Crippen LogP contribution in [-0.2, 0) is 9.53 Å². The second-order valence-electron chi connectivity index (χ2n) is 4.70. The normalized spacial score (nSPS) is 38.1. The predicted molar refractivity (Wildman–Crippen MR) is 50.5 cm³/mol. The van der Waals surface area contributed by atoms with Crippen LogP contribution in [-0.4, -0.2) is 18.8 Å². The number of esters is 1. The minimum absolute atomic E-state index is 0.00475. The van der Waals surface area contributed by atoms with Crippen LogP contribution in [0.1, 0.15) is 19.8 Å². The Hall–Kier alpha value is -1.00. The van der Waals surface area contributed by atoms with Crippen molar-refractivity contribution in [3.63, 3.8) is 0 Å².